The molecular formula is C32H19NOS. The summed E-state index contributed by atoms with van der Waals surface area (Å²) in [5, 5.41) is 4.88. The number of benzene rings is 5. The Labute approximate surface area is 205 Å². The third-order valence-electron chi connectivity index (χ3n) is 7.01. The Balaban J connectivity index is 1.46. The largest absolute Gasteiger partial charge is 0.455 e. The average molecular weight is 466 g/mol. The lowest BCUT2D eigenvalue weighted by atomic mass is 10.0. The van der Waals surface area contributed by atoms with Crippen LogP contribution in [-0.4, -0.2) is 4.57 Å². The summed E-state index contributed by atoms with van der Waals surface area (Å²) in [5.41, 5.74) is 7.81. The molecule has 3 aromatic heterocycles. The lowest BCUT2D eigenvalue weighted by molar-refractivity contribution is 0.670. The number of nitrogens with zero attached hydrogens (tertiary/aromatic N) is 1. The van der Waals surface area contributed by atoms with E-state index in [4.69, 9.17) is 4.42 Å². The maximum atomic E-state index is 6.43. The minimum atomic E-state index is 0.912. The van der Waals surface area contributed by atoms with E-state index in [-0.39, 0.29) is 0 Å². The first-order valence-electron chi connectivity index (χ1n) is 11.8. The van der Waals surface area contributed by atoms with Crippen LogP contribution in [0.4, 0.5) is 0 Å². The third-order valence-corrected chi connectivity index (χ3v) is 8.20. The number of hydrogen-bond acceptors (Lipinski definition) is 2. The Bertz CT molecular complexity index is 2050. The van der Waals surface area contributed by atoms with Gasteiger partial charge in [0.15, 0.2) is 0 Å². The molecule has 0 unspecified atom stereocenters. The normalized spacial score (nSPS) is 12.0. The fraction of sp³-hybridized carbons (Fsp3) is 0. The highest BCUT2D eigenvalue weighted by molar-refractivity contribution is 7.26. The van der Waals surface area contributed by atoms with Crippen molar-refractivity contribution in [3.05, 3.63) is 115 Å². The zero-order valence-electron chi connectivity index (χ0n) is 18.7. The molecule has 8 aromatic rings. The van der Waals surface area contributed by atoms with Gasteiger partial charge in [-0.15, -0.1) is 11.3 Å². The smallest absolute Gasteiger partial charge is 0.143 e. The summed E-state index contributed by atoms with van der Waals surface area (Å²) >= 11 is 1.87. The van der Waals surface area contributed by atoms with E-state index >= 15 is 0 Å². The molecule has 5 aromatic carbocycles. The van der Waals surface area contributed by atoms with Crippen LogP contribution in [0.2, 0.25) is 0 Å². The van der Waals surface area contributed by atoms with Gasteiger partial charge in [0.2, 0.25) is 0 Å². The first kappa shape index (κ1) is 19.0. The lowest BCUT2D eigenvalue weighted by Crippen LogP contribution is -1.93. The van der Waals surface area contributed by atoms with Crippen LogP contribution in [-0.2, 0) is 0 Å². The molecule has 0 atom stereocenters. The summed E-state index contributed by atoms with van der Waals surface area (Å²) in [7, 11) is 0. The Morgan fingerprint density at radius 3 is 2.29 bits per heavy atom. The van der Waals surface area contributed by atoms with E-state index in [1.165, 1.54) is 36.8 Å². The van der Waals surface area contributed by atoms with Gasteiger partial charge in [0.1, 0.15) is 11.2 Å². The van der Waals surface area contributed by atoms with Crippen molar-refractivity contribution in [2.24, 2.45) is 0 Å². The number of furan rings is 1. The van der Waals surface area contributed by atoms with Crippen LogP contribution < -0.4 is 0 Å². The number of para-hydroxylation sites is 2. The second-order valence-electron chi connectivity index (χ2n) is 8.96. The predicted octanol–water partition coefficient (Wildman–Crippen LogP) is 9.56. The number of thiophene rings is 1. The van der Waals surface area contributed by atoms with E-state index < -0.39 is 0 Å². The molecule has 0 saturated heterocycles. The van der Waals surface area contributed by atoms with Gasteiger partial charge in [-0.1, -0.05) is 84.9 Å². The zero-order chi connectivity index (χ0) is 22.9. The maximum absolute atomic E-state index is 6.43. The van der Waals surface area contributed by atoms with Gasteiger partial charge >= 0.3 is 0 Å². The first-order chi connectivity index (χ1) is 17.4. The molecule has 3 heteroatoms. The van der Waals surface area contributed by atoms with Gasteiger partial charge in [-0.05, 0) is 35.9 Å². The van der Waals surface area contributed by atoms with Gasteiger partial charge in [-0.2, -0.15) is 0 Å². The summed E-state index contributed by atoms with van der Waals surface area (Å²) in [6.45, 7) is 0. The molecule has 0 aliphatic heterocycles. The van der Waals surface area contributed by atoms with Gasteiger partial charge in [0.25, 0.3) is 0 Å². The van der Waals surface area contributed by atoms with Crippen molar-refractivity contribution in [1.29, 1.82) is 0 Å². The van der Waals surface area contributed by atoms with Crippen molar-refractivity contribution in [3.63, 3.8) is 0 Å². The number of hydrogen-bond donors (Lipinski definition) is 0. The van der Waals surface area contributed by atoms with Crippen LogP contribution in [0.15, 0.2) is 120 Å². The van der Waals surface area contributed by atoms with Gasteiger partial charge in [0, 0.05) is 37.5 Å². The SMILES string of the molecule is c1ccc(-c2cccc3c2oc2ccc(-n4c5ccccc5c5sc6ccccc6c54)cc23)cc1. The molecule has 8 rings (SSSR count). The van der Waals surface area contributed by atoms with Crippen LogP contribution >= 0.6 is 11.3 Å². The quantitative estimate of drug-likeness (QED) is 0.248. The molecule has 0 amide bonds. The molecule has 0 bridgehead atoms. The number of aromatic nitrogens is 1. The summed E-state index contributed by atoms with van der Waals surface area (Å²) in [6.07, 6.45) is 0. The molecule has 0 aliphatic rings. The third kappa shape index (κ3) is 2.64. The van der Waals surface area contributed by atoms with Crippen molar-refractivity contribution in [2.45, 2.75) is 0 Å². The van der Waals surface area contributed by atoms with Crippen molar-refractivity contribution >= 4 is 64.5 Å². The molecule has 0 fully saturated rings. The molecule has 2 nitrogen and oxygen atoms in total. The highest BCUT2D eigenvalue weighted by atomic mass is 32.1. The van der Waals surface area contributed by atoms with Crippen molar-refractivity contribution < 1.29 is 4.42 Å². The molecule has 0 aliphatic carbocycles. The second kappa shape index (κ2) is 7.08. The Hall–Kier alpha value is -4.34. The molecule has 0 spiro atoms. The van der Waals surface area contributed by atoms with Crippen LogP contribution in [0.1, 0.15) is 0 Å². The monoisotopic (exact) mass is 465 g/mol. The first-order valence-corrected chi connectivity index (χ1v) is 12.6. The van der Waals surface area contributed by atoms with Crippen LogP contribution in [0.3, 0.4) is 0 Å². The van der Waals surface area contributed by atoms with Gasteiger partial charge in [-0.25, -0.2) is 0 Å². The van der Waals surface area contributed by atoms with Crippen LogP contribution in [0, 0.1) is 0 Å². The van der Waals surface area contributed by atoms with Crippen molar-refractivity contribution in [1.82, 2.24) is 4.57 Å². The summed E-state index contributed by atoms with van der Waals surface area (Å²) in [4.78, 5) is 0. The maximum Gasteiger partial charge on any atom is 0.143 e. The highest BCUT2D eigenvalue weighted by Gasteiger charge is 2.19. The summed E-state index contributed by atoms with van der Waals surface area (Å²) in [5.74, 6) is 0. The van der Waals surface area contributed by atoms with E-state index in [2.05, 4.69) is 114 Å². The predicted molar refractivity (Wildman–Crippen MR) is 149 cm³/mol. The van der Waals surface area contributed by atoms with E-state index in [1.807, 2.05) is 17.4 Å². The van der Waals surface area contributed by atoms with Crippen LogP contribution in [0.5, 0.6) is 0 Å². The van der Waals surface area contributed by atoms with E-state index in [1.54, 1.807) is 0 Å². The summed E-state index contributed by atoms with van der Waals surface area (Å²) in [6, 6.07) is 40.9. The minimum Gasteiger partial charge on any atom is -0.455 e. The van der Waals surface area contributed by atoms with Gasteiger partial charge < -0.3 is 8.98 Å². The Kier molecular flexibility index (Phi) is 3.85. The van der Waals surface area contributed by atoms with Crippen molar-refractivity contribution in [3.8, 4) is 16.8 Å². The zero-order valence-corrected chi connectivity index (χ0v) is 19.5. The second-order valence-corrected chi connectivity index (χ2v) is 10.0. The fourth-order valence-corrected chi connectivity index (χ4v) is 6.68. The van der Waals surface area contributed by atoms with E-state index in [0.717, 1.165) is 33.2 Å². The van der Waals surface area contributed by atoms with Gasteiger partial charge in [0.05, 0.1) is 15.7 Å². The topological polar surface area (TPSA) is 18.1 Å². The molecule has 35 heavy (non-hydrogen) atoms. The molecule has 0 radical (unpaired) electrons. The highest BCUT2D eigenvalue weighted by Crippen LogP contribution is 2.43. The van der Waals surface area contributed by atoms with Crippen LogP contribution in [0.25, 0.3) is 70.0 Å². The molecule has 0 saturated carbocycles. The summed E-state index contributed by atoms with van der Waals surface area (Å²) < 4.78 is 11.5. The Morgan fingerprint density at radius 2 is 1.37 bits per heavy atom. The average Bonchev–Trinajstić information content (AvgIpc) is 3.57. The van der Waals surface area contributed by atoms with Crippen molar-refractivity contribution in [2.75, 3.05) is 0 Å². The molecule has 0 N–H and O–H groups in total. The van der Waals surface area contributed by atoms with E-state index in [9.17, 15) is 0 Å². The number of fused-ring (bicyclic) bond motifs is 8. The number of rotatable bonds is 2. The lowest BCUT2D eigenvalue weighted by Gasteiger charge is -2.08. The standard InChI is InChI=1S/C32H19NOS/c1-2-9-20(10-3-1)22-13-8-14-23-26-19-21(17-18-28(26)34-31(22)23)33-27-15-6-4-11-24(27)32-30(33)25-12-5-7-16-29(25)35-32/h1-19H. The molecular weight excluding hydrogens is 446 g/mol. The molecule has 164 valence electrons. The van der Waals surface area contributed by atoms with E-state index in [0.29, 0.717) is 0 Å². The Morgan fingerprint density at radius 1 is 0.600 bits per heavy atom. The van der Waals surface area contributed by atoms with Gasteiger partial charge in [-0.3, -0.25) is 0 Å². The fourth-order valence-electron chi connectivity index (χ4n) is 5.46. The minimum absolute atomic E-state index is 0.912. The molecule has 3 heterocycles.